The Morgan fingerprint density at radius 1 is 1.07 bits per heavy atom. The molecule has 0 spiro atoms. The number of halogens is 4. The van der Waals surface area contributed by atoms with Gasteiger partial charge in [-0.05, 0) is 14.1 Å². The van der Waals surface area contributed by atoms with Gasteiger partial charge in [-0.25, -0.2) is 4.67 Å². The summed E-state index contributed by atoms with van der Waals surface area (Å²) in [4.78, 5) is 0. The van der Waals surface area contributed by atoms with Crippen LogP contribution in [0.25, 0.3) is 0 Å². The van der Waals surface area contributed by atoms with Gasteiger partial charge in [0.25, 0.3) is 7.52 Å². The molecule has 90 valence electrons. The van der Waals surface area contributed by atoms with Gasteiger partial charge in [-0.2, -0.15) is 17.4 Å². The predicted octanol–water partition coefficient (Wildman–Crippen LogP) is 4.31. The molecule has 0 aromatic heterocycles. The van der Waals surface area contributed by atoms with Crippen LogP contribution in [0.5, 0.6) is 0 Å². The molecule has 12 heteroatoms. The molecule has 0 amide bonds. The van der Waals surface area contributed by atoms with Crippen LogP contribution in [0.15, 0.2) is 13.5 Å². The van der Waals surface area contributed by atoms with Gasteiger partial charge in [0, 0.05) is 0 Å². The summed E-state index contributed by atoms with van der Waals surface area (Å²) in [5.41, 5.74) is 0. The number of hydrogen-bond donors (Lipinski definition) is 1. The molecule has 0 aromatic rings. The van der Waals surface area contributed by atoms with Gasteiger partial charge in [-0.15, -0.1) is 12.9 Å². The Hall–Kier alpha value is 0.330. The van der Waals surface area contributed by atoms with Crippen molar-refractivity contribution in [1.82, 2.24) is 4.67 Å². The summed E-state index contributed by atoms with van der Waals surface area (Å²) in [6.07, 6.45) is -1.31. The highest BCUT2D eigenvalue weighted by Gasteiger charge is 2.39. The molecule has 1 heterocycles. The molecule has 5 nitrogen and oxygen atoms in total. The third-order valence-corrected chi connectivity index (χ3v) is 8.52. The number of nitrogens with zero attached hydrogens (tertiary/aromatic N) is 4. The minimum absolute atomic E-state index is 0.708. The Morgan fingerprint density at radius 3 is 2.00 bits per heavy atom. The zero-order valence-corrected chi connectivity index (χ0v) is 10.5. The Morgan fingerprint density at radius 2 is 1.60 bits per heavy atom. The molecule has 1 N–H and O–H groups in total. The SMILES string of the molecule is CN(C)P1(F)=NP(F)(F)=NP(F)(CO)=N1. The van der Waals surface area contributed by atoms with E-state index in [-0.39, 0.29) is 0 Å². The van der Waals surface area contributed by atoms with E-state index in [0.717, 1.165) is 14.1 Å². The molecule has 0 saturated carbocycles. The predicted molar refractivity (Wildman–Crippen MR) is 53.2 cm³/mol. The van der Waals surface area contributed by atoms with Crippen LogP contribution in [0.3, 0.4) is 0 Å². The van der Waals surface area contributed by atoms with Gasteiger partial charge in [0.05, 0.1) is 0 Å². The van der Waals surface area contributed by atoms with Crippen LogP contribution in [0, 0.1) is 0 Å². The summed E-state index contributed by atoms with van der Waals surface area (Å²) in [6, 6.07) is 0. The highest BCUT2D eigenvalue weighted by atomic mass is 31.3. The van der Waals surface area contributed by atoms with Crippen LogP contribution < -0.4 is 0 Å². The van der Waals surface area contributed by atoms with Gasteiger partial charge in [0.2, 0.25) is 0 Å². The molecule has 1 aliphatic rings. The van der Waals surface area contributed by atoms with E-state index in [1.165, 1.54) is 0 Å². The molecule has 0 aliphatic carbocycles. The van der Waals surface area contributed by atoms with E-state index in [2.05, 4.69) is 13.5 Å². The van der Waals surface area contributed by atoms with E-state index in [1.807, 2.05) is 0 Å². The standard InChI is InChI=1S/C3H9F4N4OP3/c1-11(2)15(7)9-13(4,3-12)8-14(5,6)10-15/h12H,3H2,1-2H3. The van der Waals surface area contributed by atoms with E-state index >= 15 is 0 Å². The fourth-order valence-electron chi connectivity index (χ4n) is 0.746. The van der Waals surface area contributed by atoms with E-state index in [4.69, 9.17) is 5.11 Å². The third kappa shape index (κ3) is 2.92. The third-order valence-electron chi connectivity index (χ3n) is 1.41. The maximum atomic E-state index is 13.7. The Balaban J connectivity index is 3.50. The lowest BCUT2D eigenvalue weighted by Crippen LogP contribution is -2.04. The smallest absolute Gasteiger partial charge is 0.386 e. The van der Waals surface area contributed by atoms with Crippen LogP contribution in [0.1, 0.15) is 0 Å². The number of rotatable bonds is 2. The first kappa shape index (κ1) is 13.4. The van der Waals surface area contributed by atoms with Gasteiger partial charge in [-0.1, -0.05) is 0 Å². The van der Waals surface area contributed by atoms with Crippen molar-refractivity contribution in [1.29, 1.82) is 0 Å². The first-order valence-corrected chi connectivity index (χ1v) is 8.39. The zero-order valence-electron chi connectivity index (χ0n) is 7.80. The van der Waals surface area contributed by atoms with Gasteiger partial charge in [-0.3, -0.25) is 0 Å². The summed E-state index contributed by atoms with van der Waals surface area (Å²) in [5, 5.41) is 8.56. The van der Waals surface area contributed by atoms with Crippen LogP contribution in [0.4, 0.5) is 16.8 Å². The molecule has 2 unspecified atom stereocenters. The second kappa shape index (κ2) is 3.97. The van der Waals surface area contributed by atoms with Crippen molar-refractivity contribution in [2.75, 3.05) is 20.4 Å². The van der Waals surface area contributed by atoms with Crippen molar-refractivity contribution in [2.24, 2.45) is 13.5 Å². The van der Waals surface area contributed by atoms with Crippen LogP contribution >= 0.6 is 23.0 Å². The lowest BCUT2D eigenvalue weighted by Gasteiger charge is -2.23. The summed E-state index contributed by atoms with van der Waals surface area (Å²) < 4.78 is 61.6. The molecule has 1 rings (SSSR count). The fourth-order valence-corrected chi connectivity index (χ4v) is 7.68. The molecule has 15 heavy (non-hydrogen) atoms. The maximum Gasteiger partial charge on any atom is 0.422 e. The van der Waals surface area contributed by atoms with E-state index in [0.29, 0.717) is 4.67 Å². The molecular formula is C3H9F4N4OP3. The molecule has 0 saturated heterocycles. The highest BCUT2D eigenvalue weighted by molar-refractivity contribution is 7.80. The zero-order chi connectivity index (χ0) is 11.9. The average molecular weight is 286 g/mol. The quantitative estimate of drug-likeness (QED) is 0.607. The maximum absolute atomic E-state index is 13.7. The summed E-state index contributed by atoms with van der Waals surface area (Å²) in [5.74, 6) is 0. The Bertz CT molecular complexity index is 427. The lowest BCUT2D eigenvalue weighted by atomic mass is 11.3. The fraction of sp³-hybridized carbons (Fsp3) is 1.00. The van der Waals surface area contributed by atoms with Gasteiger partial charge in [0.15, 0.2) is 0 Å². The molecular weight excluding hydrogens is 277 g/mol. The van der Waals surface area contributed by atoms with Gasteiger partial charge >= 0.3 is 15.5 Å². The molecule has 0 aromatic carbocycles. The summed E-state index contributed by atoms with van der Waals surface area (Å²) >= 11 is 0. The first-order chi connectivity index (χ1) is 6.63. The Kier molecular flexibility index (Phi) is 3.54. The molecule has 0 bridgehead atoms. The van der Waals surface area contributed by atoms with Crippen LogP contribution in [-0.2, 0) is 0 Å². The van der Waals surface area contributed by atoms with E-state index < -0.39 is 29.4 Å². The van der Waals surface area contributed by atoms with E-state index in [9.17, 15) is 16.8 Å². The molecule has 0 radical (unpaired) electrons. The average Bonchev–Trinajstić information content (AvgIpc) is 1.99. The van der Waals surface area contributed by atoms with Crippen molar-refractivity contribution < 1.29 is 21.9 Å². The topological polar surface area (TPSA) is 60.5 Å². The van der Waals surface area contributed by atoms with Crippen molar-refractivity contribution in [3.63, 3.8) is 0 Å². The van der Waals surface area contributed by atoms with Gasteiger partial charge < -0.3 is 5.11 Å². The normalized spacial score (nSPS) is 39.2. The molecule has 1 aliphatic heterocycles. The monoisotopic (exact) mass is 286 g/mol. The Labute approximate surface area is 84.4 Å². The van der Waals surface area contributed by atoms with Crippen LogP contribution in [0.2, 0.25) is 0 Å². The summed E-state index contributed by atoms with van der Waals surface area (Å²) in [6.45, 7) is 0. The van der Waals surface area contributed by atoms with Gasteiger partial charge in [0.1, 0.15) is 6.35 Å². The minimum Gasteiger partial charge on any atom is -0.386 e. The highest BCUT2D eigenvalue weighted by Crippen LogP contribution is 2.81. The minimum atomic E-state index is -5.35. The second-order valence-electron chi connectivity index (χ2n) is 2.85. The second-order valence-corrected chi connectivity index (χ2v) is 9.27. The molecule has 0 fully saturated rings. The van der Waals surface area contributed by atoms with Crippen molar-refractivity contribution in [3.05, 3.63) is 0 Å². The first-order valence-electron chi connectivity index (χ1n) is 3.60. The van der Waals surface area contributed by atoms with Crippen molar-refractivity contribution in [3.8, 4) is 0 Å². The molecule has 2 atom stereocenters. The number of aliphatic hydroxyl groups excluding tert-OH is 1. The van der Waals surface area contributed by atoms with Crippen molar-refractivity contribution >= 4 is 23.0 Å². The number of aliphatic hydroxyl groups is 1. The summed E-state index contributed by atoms with van der Waals surface area (Å²) in [7, 11) is -12.0. The van der Waals surface area contributed by atoms with Crippen LogP contribution in [-0.4, -0.2) is 30.2 Å². The largest absolute Gasteiger partial charge is 0.422 e. The van der Waals surface area contributed by atoms with E-state index in [1.54, 1.807) is 0 Å². The number of hydrogen-bond acceptors (Lipinski definition) is 5. The van der Waals surface area contributed by atoms with Crippen molar-refractivity contribution in [2.45, 2.75) is 0 Å². The lowest BCUT2D eigenvalue weighted by molar-refractivity contribution is 0.362.